The third kappa shape index (κ3) is 15.1. The van der Waals surface area contributed by atoms with Crippen LogP contribution in [0.3, 0.4) is 0 Å². The molecular formula is C51H88O4. The molecule has 0 heterocycles. The number of aliphatic hydroxyl groups is 3. The molecule has 4 nitrogen and oxygen atoms in total. The zero-order chi connectivity index (χ0) is 40.8. The number of rotatable bonds is 31. The van der Waals surface area contributed by atoms with Crippen molar-refractivity contribution in [2.24, 2.45) is 29.1 Å². The highest BCUT2D eigenvalue weighted by molar-refractivity contribution is 5.48. The highest BCUT2D eigenvalue weighted by atomic mass is 16.5. The summed E-state index contributed by atoms with van der Waals surface area (Å²) in [5, 5.41) is 34.1. The summed E-state index contributed by atoms with van der Waals surface area (Å²) in [6.07, 6.45) is 21.8. The molecule has 0 bridgehead atoms. The minimum absolute atomic E-state index is 0.365. The van der Waals surface area contributed by atoms with Gasteiger partial charge in [-0.3, -0.25) is 0 Å². The van der Waals surface area contributed by atoms with E-state index in [4.69, 9.17) is 4.74 Å². The second kappa shape index (κ2) is 26.9. The smallest absolute Gasteiger partial charge is 0.136 e. The maximum Gasteiger partial charge on any atom is 0.136 e. The highest BCUT2D eigenvalue weighted by Crippen LogP contribution is 2.45. The average molecular weight is 765 g/mol. The predicted octanol–water partition coefficient (Wildman–Crippen LogP) is 13.4. The van der Waals surface area contributed by atoms with Crippen LogP contribution in [0.1, 0.15) is 203 Å². The van der Waals surface area contributed by atoms with Crippen LogP contribution < -0.4 is 4.74 Å². The lowest BCUT2D eigenvalue weighted by Crippen LogP contribution is -2.44. The molecule has 5 atom stereocenters. The van der Waals surface area contributed by atoms with E-state index >= 15 is 0 Å². The molecular weight excluding hydrogens is 677 g/mol. The summed E-state index contributed by atoms with van der Waals surface area (Å²) in [5.41, 5.74) is 7.39. The van der Waals surface area contributed by atoms with Crippen LogP contribution in [0, 0.1) is 42.9 Å². The Morgan fingerprint density at radius 3 is 1.04 bits per heavy atom. The fraction of sp³-hybridized carbons (Fsp3) is 0.765. The maximum absolute atomic E-state index is 11.4. The summed E-state index contributed by atoms with van der Waals surface area (Å²) >= 11 is 0. The first kappa shape index (κ1) is 49.3. The molecule has 0 spiro atoms. The normalized spacial score (nSPS) is 14.9. The lowest BCUT2D eigenvalue weighted by atomic mass is 9.74. The monoisotopic (exact) mass is 765 g/mol. The van der Waals surface area contributed by atoms with Crippen LogP contribution in [0.25, 0.3) is 0 Å². The molecule has 5 unspecified atom stereocenters. The summed E-state index contributed by atoms with van der Waals surface area (Å²) in [6, 6.07) is 9.42. The van der Waals surface area contributed by atoms with Crippen LogP contribution >= 0.6 is 0 Å². The topological polar surface area (TPSA) is 69.9 Å². The van der Waals surface area contributed by atoms with Gasteiger partial charge in [-0.1, -0.05) is 194 Å². The van der Waals surface area contributed by atoms with Crippen molar-refractivity contribution in [2.45, 2.75) is 204 Å². The Bertz CT molecular complexity index is 1230. The van der Waals surface area contributed by atoms with E-state index in [0.717, 1.165) is 62.7 Å². The van der Waals surface area contributed by atoms with Gasteiger partial charge in [-0.05, 0) is 91.0 Å². The van der Waals surface area contributed by atoms with Crippen molar-refractivity contribution in [3.05, 3.63) is 63.2 Å². The molecule has 0 aliphatic rings. The molecule has 2 aromatic carbocycles. The van der Waals surface area contributed by atoms with E-state index in [0.29, 0.717) is 23.7 Å². The van der Waals surface area contributed by atoms with E-state index in [1.54, 1.807) is 0 Å². The van der Waals surface area contributed by atoms with E-state index in [1.165, 1.54) is 110 Å². The largest absolute Gasteiger partial charge is 0.484 e. The Labute approximate surface area is 340 Å². The summed E-state index contributed by atoms with van der Waals surface area (Å²) in [7, 11) is 0. The summed E-state index contributed by atoms with van der Waals surface area (Å²) < 4.78 is 7.69. The number of aliphatic hydroxyl groups excluding tert-OH is 3. The Kier molecular flexibility index (Phi) is 24.1. The lowest BCUT2D eigenvalue weighted by molar-refractivity contribution is -0.0755. The van der Waals surface area contributed by atoms with Gasteiger partial charge in [0.25, 0.3) is 0 Å². The van der Waals surface area contributed by atoms with Crippen LogP contribution in [0.4, 0.5) is 0 Å². The van der Waals surface area contributed by atoms with Crippen LogP contribution in [0.2, 0.25) is 0 Å². The van der Waals surface area contributed by atoms with Gasteiger partial charge in [-0.2, -0.15) is 0 Å². The molecule has 0 amide bonds. The van der Waals surface area contributed by atoms with Crippen molar-refractivity contribution in [3.8, 4) is 5.75 Å². The molecule has 4 heteroatoms. The quantitative estimate of drug-likeness (QED) is 0.0715. The fourth-order valence-corrected chi connectivity index (χ4v) is 9.03. The second-order valence-corrected chi connectivity index (χ2v) is 17.7. The highest BCUT2D eigenvalue weighted by Gasteiger charge is 2.44. The van der Waals surface area contributed by atoms with Gasteiger partial charge >= 0.3 is 0 Å². The molecule has 0 saturated carbocycles. The first-order valence-corrected chi connectivity index (χ1v) is 23.3. The summed E-state index contributed by atoms with van der Waals surface area (Å²) in [6.45, 7) is 21.8. The molecule has 2 aromatic rings. The predicted molar refractivity (Wildman–Crippen MR) is 237 cm³/mol. The van der Waals surface area contributed by atoms with Gasteiger partial charge < -0.3 is 20.1 Å². The number of unbranched alkanes of at least 4 members (excludes halogenated alkanes) is 4. The average Bonchev–Trinajstić information content (AvgIpc) is 3.19. The number of hydrogen-bond acceptors (Lipinski definition) is 4. The number of hydrogen-bond donors (Lipinski definition) is 3. The molecule has 316 valence electrons. The third-order valence-corrected chi connectivity index (χ3v) is 13.1. The van der Waals surface area contributed by atoms with Gasteiger partial charge in [0.05, 0.1) is 25.2 Å². The molecule has 0 fully saturated rings. The Morgan fingerprint density at radius 1 is 0.473 bits per heavy atom. The van der Waals surface area contributed by atoms with Crippen molar-refractivity contribution in [2.75, 3.05) is 19.8 Å². The van der Waals surface area contributed by atoms with Crippen LogP contribution in [0.15, 0.2) is 24.3 Å². The molecule has 0 radical (unpaired) electrons. The minimum Gasteiger partial charge on any atom is -0.484 e. The molecule has 0 aliphatic heterocycles. The molecule has 2 rings (SSSR count). The first-order valence-electron chi connectivity index (χ1n) is 23.3. The van der Waals surface area contributed by atoms with Gasteiger partial charge in [-0.15, -0.1) is 0 Å². The molecule has 0 aliphatic carbocycles. The van der Waals surface area contributed by atoms with Crippen LogP contribution in [-0.4, -0.2) is 35.1 Å². The van der Waals surface area contributed by atoms with Crippen molar-refractivity contribution in [1.29, 1.82) is 0 Å². The van der Waals surface area contributed by atoms with Crippen molar-refractivity contribution < 1.29 is 20.1 Å². The maximum atomic E-state index is 11.4. The van der Waals surface area contributed by atoms with E-state index in [2.05, 4.69) is 93.5 Å². The first-order chi connectivity index (χ1) is 26.6. The zero-order valence-electron chi connectivity index (χ0n) is 37.7. The van der Waals surface area contributed by atoms with Gasteiger partial charge in [0.1, 0.15) is 11.9 Å². The molecule has 0 aromatic heterocycles. The van der Waals surface area contributed by atoms with Gasteiger partial charge in [0.2, 0.25) is 0 Å². The minimum atomic E-state index is -1.27. The Balaban J connectivity index is 3.08. The van der Waals surface area contributed by atoms with Gasteiger partial charge in [0.15, 0.2) is 0 Å². The standard InChI is InChI=1S/C51H88O4/c1-11-19-23-40(15-5)31-44-27-38(9)28-45(32-41(16-6)24-20-12-2)48(44)50(51(35-52,36-53)37-54)55-49-46(33-42(17-7)25-21-13-3)29-39(10)30-47(49)34-43(18-8)26-22-14-4/h27-30,40-43,50,52-54H,11-26,31-37H2,1-10H3. The SMILES string of the molecule is CCCCC(CC)Cc1cc(C)cc(CC(CC)CCCC)c1OC(c1c(CC(CC)CCCC)cc(C)cc1CC(CC)CCCC)C(CO)(CO)CO. The molecule has 3 N–H and O–H groups in total. The van der Waals surface area contributed by atoms with Gasteiger partial charge in [0, 0.05) is 0 Å². The van der Waals surface area contributed by atoms with Crippen molar-refractivity contribution >= 4 is 0 Å². The van der Waals surface area contributed by atoms with E-state index in [9.17, 15) is 15.3 Å². The Morgan fingerprint density at radius 2 is 0.764 bits per heavy atom. The summed E-state index contributed by atoms with van der Waals surface area (Å²) in [4.78, 5) is 0. The lowest BCUT2D eigenvalue weighted by Gasteiger charge is -2.40. The number of benzene rings is 2. The third-order valence-electron chi connectivity index (χ3n) is 13.1. The molecule has 0 saturated heterocycles. The molecule has 55 heavy (non-hydrogen) atoms. The van der Waals surface area contributed by atoms with E-state index < -0.39 is 11.5 Å². The Hall–Kier alpha value is -1.88. The van der Waals surface area contributed by atoms with E-state index in [-0.39, 0.29) is 19.8 Å². The number of aryl methyl sites for hydroxylation is 2. The van der Waals surface area contributed by atoms with Gasteiger partial charge in [-0.25, -0.2) is 0 Å². The van der Waals surface area contributed by atoms with Crippen molar-refractivity contribution in [1.82, 2.24) is 0 Å². The second-order valence-electron chi connectivity index (χ2n) is 17.7. The number of ether oxygens (including phenoxy) is 1. The van der Waals surface area contributed by atoms with Crippen LogP contribution in [-0.2, 0) is 25.7 Å². The fourth-order valence-electron chi connectivity index (χ4n) is 9.03. The zero-order valence-corrected chi connectivity index (χ0v) is 37.7. The van der Waals surface area contributed by atoms with E-state index in [1.807, 2.05) is 0 Å². The van der Waals surface area contributed by atoms with Crippen LogP contribution in [0.5, 0.6) is 5.75 Å². The van der Waals surface area contributed by atoms with Crippen molar-refractivity contribution in [3.63, 3.8) is 0 Å². The summed E-state index contributed by atoms with van der Waals surface area (Å²) in [5.74, 6) is 3.10.